The normalized spacial score (nSPS) is 14.8. The van der Waals surface area contributed by atoms with Gasteiger partial charge in [0.1, 0.15) is 6.29 Å². The number of carbonyl (C=O) groups is 1. The maximum Gasteiger partial charge on any atom is 0.116 e. The maximum absolute atomic E-state index is 8.81. The monoisotopic (exact) mass is 165 g/mol. The van der Waals surface area contributed by atoms with Gasteiger partial charge in [0, 0.05) is 12.1 Å². The van der Waals surface area contributed by atoms with Gasteiger partial charge in [-0.25, -0.2) is 0 Å². The topological polar surface area (TPSA) is 43.1 Å². The van der Waals surface area contributed by atoms with Crippen LogP contribution in [0.2, 0.25) is 0 Å². The highest BCUT2D eigenvalue weighted by Crippen LogP contribution is 2.05. The van der Waals surface area contributed by atoms with Crippen LogP contribution in [0.5, 0.6) is 0 Å². The van der Waals surface area contributed by atoms with Crippen molar-refractivity contribution in [3.05, 3.63) is 35.6 Å². The molecule has 0 heterocycles. The van der Waals surface area contributed by atoms with Crippen LogP contribution in [-0.4, -0.2) is 6.29 Å². The van der Waals surface area contributed by atoms with Crippen LogP contribution < -0.4 is 5.73 Å². The van der Waals surface area contributed by atoms with Gasteiger partial charge in [0.25, 0.3) is 0 Å². The Morgan fingerprint density at radius 1 is 1.50 bits per heavy atom. The molecule has 0 aromatic heterocycles. The molecule has 0 aromatic rings. The zero-order valence-corrected chi connectivity index (χ0v) is 7.58. The molecule has 2 nitrogen and oxygen atoms in total. The number of hydrogen-bond acceptors (Lipinski definition) is 2. The molecule has 1 aliphatic rings. The smallest absolute Gasteiger partial charge is 0.116 e. The molecule has 0 radical (unpaired) electrons. The van der Waals surface area contributed by atoms with E-state index in [-0.39, 0.29) is 0 Å². The lowest BCUT2D eigenvalue weighted by molar-refractivity contribution is -0.106. The molecular weight excluding hydrogens is 150 g/mol. The van der Waals surface area contributed by atoms with E-state index >= 15 is 0 Å². The van der Waals surface area contributed by atoms with Crippen LogP contribution >= 0.6 is 0 Å². The first kappa shape index (κ1) is 10.7. The lowest BCUT2D eigenvalue weighted by Gasteiger charge is -1.87. The van der Waals surface area contributed by atoms with Crippen LogP contribution in [0.25, 0.3) is 0 Å². The summed E-state index contributed by atoms with van der Waals surface area (Å²) in [6.07, 6.45) is 9.77. The Labute approximate surface area is 73.5 Å². The standard InChI is InChI=1S/C8H11N.C2H4O/c1-7-3-2-4-8(9)6-5-7;1-2-3/h2-3,5-6H,4,9H2,1H3;2H,1H3. The van der Waals surface area contributed by atoms with E-state index < -0.39 is 0 Å². The van der Waals surface area contributed by atoms with E-state index in [1.807, 2.05) is 12.2 Å². The SMILES string of the molecule is CC1=CC=C(N)CC=C1.CC=O. The molecule has 0 saturated carbocycles. The van der Waals surface area contributed by atoms with Gasteiger partial charge in [-0.3, -0.25) is 0 Å². The third-order valence-electron chi connectivity index (χ3n) is 1.29. The number of nitrogens with two attached hydrogens (primary N) is 1. The average Bonchev–Trinajstić information content (AvgIpc) is 2.18. The van der Waals surface area contributed by atoms with E-state index in [2.05, 4.69) is 19.1 Å². The molecule has 2 heteroatoms. The molecular formula is C10H15NO. The maximum atomic E-state index is 8.81. The predicted molar refractivity (Wildman–Crippen MR) is 51.5 cm³/mol. The van der Waals surface area contributed by atoms with E-state index in [1.165, 1.54) is 12.5 Å². The average molecular weight is 165 g/mol. The highest BCUT2D eigenvalue weighted by Gasteiger charge is 1.88. The van der Waals surface area contributed by atoms with Crippen molar-refractivity contribution in [3.63, 3.8) is 0 Å². The molecule has 0 unspecified atom stereocenters. The van der Waals surface area contributed by atoms with E-state index in [1.54, 1.807) is 0 Å². The Morgan fingerprint density at radius 3 is 2.67 bits per heavy atom. The van der Waals surface area contributed by atoms with Crippen molar-refractivity contribution >= 4 is 6.29 Å². The molecule has 0 fully saturated rings. The van der Waals surface area contributed by atoms with Gasteiger partial charge in [0.2, 0.25) is 0 Å². The summed E-state index contributed by atoms with van der Waals surface area (Å²) in [7, 11) is 0. The minimum atomic E-state index is 0.750. The highest BCUT2D eigenvalue weighted by atomic mass is 16.1. The molecule has 2 N–H and O–H groups in total. The van der Waals surface area contributed by atoms with E-state index in [9.17, 15) is 0 Å². The zero-order valence-electron chi connectivity index (χ0n) is 7.58. The van der Waals surface area contributed by atoms with Crippen LogP contribution in [0, 0.1) is 0 Å². The summed E-state index contributed by atoms with van der Waals surface area (Å²) in [5.74, 6) is 0. The summed E-state index contributed by atoms with van der Waals surface area (Å²) >= 11 is 0. The van der Waals surface area contributed by atoms with Gasteiger partial charge >= 0.3 is 0 Å². The molecule has 0 atom stereocenters. The number of rotatable bonds is 0. The van der Waals surface area contributed by atoms with Crippen LogP contribution in [0.4, 0.5) is 0 Å². The summed E-state index contributed by atoms with van der Waals surface area (Å²) in [5, 5.41) is 0. The third-order valence-corrected chi connectivity index (χ3v) is 1.29. The largest absolute Gasteiger partial charge is 0.402 e. The van der Waals surface area contributed by atoms with Crippen LogP contribution in [0.1, 0.15) is 20.3 Å². The lowest BCUT2D eigenvalue weighted by Crippen LogP contribution is -1.92. The number of carbonyl (C=O) groups excluding carboxylic acids is 1. The van der Waals surface area contributed by atoms with Crippen molar-refractivity contribution in [3.8, 4) is 0 Å². The molecule has 0 amide bonds. The second-order valence-electron chi connectivity index (χ2n) is 2.49. The first-order chi connectivity index (χ1) is 5.70. The zero-order chi connectivity index (χ0) is 9.40. The van der Waals surface area contributed by atoms with Crippen molar-refractivity contribution < 1.29 is 4.79 Å². The van der Waals surface area contributed by atoms with Gasteiger partial charge in [-0.1, -0.05) is 23.8 Å². The minimum absolute atomic E-state index is 0.750. The molecule has 0 aliphatic heterocycles. The fourth-order valence-corrected chi connectivity index (χ4v) is 0.743. The molecule has 0 bridgehead atoms. The minimum Gasteiger partial charge on any atom is -0.402 e. The summed E-state index contributed by atoms with van der Waals surface area (Å²) < 4.78 is 0. The first-order valence-corrected chi connectivity index (χ1v) is 3.90. The van der Waals surface area contributed by atoms with Crippen molar-refractivity contribution in [1.82, 2.24) is 0 Å². The van der Waals surface area contributed by atoms with Gasteiger partial charge in [-0.05, 0) is 19.9 Å². The Bertz CT molecular complexity index is 224. The first-order valence-electron chi connectivity index (χ1n) is 3.90. The number of aldehydes is 1. The van der Waals surface area contributed by atoms with Crippen molar-refractivity contribution in [2.45, 2.75) is 20.3 Å². The Balaban J connectivity index is 0.000000354. The second-order valence-corrected chi connectivity index (χ2v) is 2.49. The quantitative estimate of drug-likeness (QED) is 0.557. The van der Waals surface area contributed by atoms with Gasteiger partial charge < -0.3 is 10.5 Å². The van der Waals surface area contributed by atoms with Gasteiger partial charge in [0.05, 0.1) is 0 Å². The number of hydrogen-bond donors (Lipinski definition) is 1. The molecule has 1 aliphatic carbocycles. The molecule has 0 saturated heterocycles. The van der Waals surface area contributed by atoms with Gasteiger partial charge in [-0.15, -0.1) is 0 Å². The lowest BCUT2D eigenvalue weighted by atomic mass is 10.3. The Morgan fingerprint density at radius 2 is 2.08 bits per heavy atom. The molecule has 66 valence electrons. The Kier molecular flexibility index (Phi) is 5.70. The molecule has 0 aromatic carbocycles. The highest BCUT2D eigenvalue weighted by molar-refractivity contribution is 5.44. The summed E-state index contributed by atoms with van der Waals surface area (Å²) in [6.45, 7) is 3.51. The van der Waals surface area contributed by atoms with Crippen LogP contribution in [0.3, 0.4) is 0 Å². The molecule has 0 spiro atoms. The van der Waals surface area contributed by atoms with Crippen LogP contribution in [-0.2, 0) is 4.79 Å². The van der Waals surface area contributed by atoms with Crippen molar-refractivity contribution in [2.24, 2.45) is 5.73 Å². The Hall–Kier alpha value is -1.31. The second kappa shape index (κ2) is 6.40. The van der Waals surface area contributed by atoms with Gasteiger partial charge in [-0.2, -0.15) is 0 Å². The predicted octanol–water partition coefficient (Wildman–Crippen LogP) is 1.94. The van der Waals surface area contributed by atoms with E-state index in [0.717, 1.165) is 18.4 Å². The fraction of sp³-hybridized carbons (Fsp3) is 0.300. The van der Waals surface area contributed by atoms with Crippen molar-refractivity contribution in [2.75, 3.05) is 0 Å². The van der Waals surface area contributed by atoms with Gasteiger partial charge in [0.15, 0.2) is 0 Å². The summed E-state index contributed by atoms with van der Waals surface area (Å²) in [6, 6.07) is 0. The molecule has 1 rings (SSSR count). The van der Waals surface area contributed by atoms with E-state index in [4.69, 9.17) is 10.5 Å². The van der Waals surface area contributed by atoms with Crippen molar-refractivity contribution in [1.29, 1.82) is 0 Å². The molecule has 12 heavy (non-hydrogen) atoms. The summed E-state index contributed by atoms with van der Waals surface area (Å²) in [4.78, 5) is 8.81. The van der Waals surface area contributed by atoms with Crippen LogP contribution in [0.15, 0.2) is 35.6 Å². The summed E-state index contributed by atoms with van der Waals surface area (Å²) in [5.41, 5.74) is 7.76. The number of allylic oxidation sites excluding steroid dienone is 5. The van der Waals surface area contributed by atoms with E-state index in [0.29, 0.717) is 0 Å². The fourth-order valence-electron chi connectivity index (χ4n) is 0.743. The third kappa shape index (κ3) is 5.47.